The summed E-state index contributed by atoms with van der Waals surface area (Å²) in [5.41, 5.74) is 0.976. The van der Waals surface area contributed by atoms with Gasteiger partial charge in [0.05, 0.1) is 0 Å². The molecule has 0 saturated heterocycles. The topological polar surface area (TPSA) is 0 Å². The van der Waals surface area contributed by atoms with Crippen LogP contribution in [0.5, 0.6) is 0 Å². The first-order valence-corrected chi connectivity index (χ1v) is 9.96. The molecule has 2 saturated carbocycles. The highest BCUT2D eigenvalue weighted by molar-refractivity contribution is 5.25. The number of aryl methyl sites for hydroxylation is 1. The SMILES string of the molecule is Cc1ccc(CC2CCC(CC3CCC(C)CC3)CC2)c(F)c1F. The molecule has 0 heterocycles. The molecule has 0 atom stereocenters. The van der Waals surface area contributed by atoms with Crippen LogP contribution in [0.15, 0.2) is 12.1 Å². The second-order valence-electron chi connectivity index (χ2n) is 8.62. The Morgan fingerprint density at radius 3 is 1.96 bits per heavy atom. The molecule has 2 aliphatic rings. The van der Waals surface area contributed by atoms with E-state index in [1.54, 1.807) is 19.1 Å². The van der Waals surface area contributed by atoms with Crippen LogP contribution in [-0.2, 0) is 6.42 Å². The van der Waals surface area contributed by atoms with Gasteiger partial charge < -0.3 is 0 Å². The minimum atomic E-state index is -0.660. The lowest BCUT2D eigenvalue weighted by atomic mass is 9.72. The van der Waals surface area contributed by atoms with Gasteiger partial charge in [0.1, 0.15) is 0 Å². The zero-order valence-corrected chi connectivity index (χ0v) is 15.3. The molecule has 2 aliphatic carbocycles. The summed E-state index contributed by atoms with van der Waals surface area (Å²) in [6, 6.07) is 3.49. The van der Waals surface area contributed by atoms with Gasteiger partial charge in [0.25, 0.3) is 0 Å². The van der Waals surface area contributed by atoms with E-state index in [9.17, 15) is 8.78 Å². The van der Waals surface area contributed by atoms with Gasteiger partial charge in [0.15, 0.2) is 11.6 Å². The third-order valence-corrected chi connectivity index (χ3v) is 6.63. The van der Waals surface area contributed by atoms with Gasteiger partial charge in [-0.25, -0.2) is 8.78 Å². The standard InChI is InChI=1S/C22H32F2/c1-15-3-6-17(7-4-15)13-18-8-10-19(11-9-18)14-20-12-5-16(2)21(23)22(20)24/h5,12,15,17-19H,3-4,6-11,13-14H2,1-2H3. The van der Waals surface area contributed by atoms with Gasteiger partial charge in [0.2, 0.25) is 0 Å². The number of hydrogen-bond acceptors (Lipinski definition) is 0. The van der Waals surface area contributed by atoms with E-state index >= 15 is 0 Å². The molecule has 0 aliphatic heterocycles. The molecular weight excluding hydrogens is 302 g/mol. The molecule has 1 aromatic carbocycles. The van der Waals surface area contributed by atoms with E-state index in [-0.39, 0.29) is 0 Å². The lowest BCUT2D eigenvalue weighted by molar-refractivity contribution is 0.195. The highest BCUT2D eigenvalue weighted by Crippen LogP contribution is 2.39. The van der Waals surface area contributed by atoms with Gasteiger partial charge >= 0.3 is 0 Å². The van der Waals surface area contributed by atoms with Crippen LogP contribution in [0.25, 0.3) is 0 Å². The van der Waals surface area contributed by atoms with Crippen LogP contribution in [0, 0.1) is 42.2 Å². The predicted octanol–water partition coefficient (Wildman–Crippen LogP) is 6.84. The third kappa shape index (κ3) is 4.37. The molecule has 0 N–H and O–H groups in total. The highest BCUT2D eigenvalue weighted by Gasteiger charge is 2.26. The maximum atomic E-state index is 14.1. The van der Waals surface area contributed by atoms with E-state index in [2.05, 4.69) is 6.92 Å². The molecule has 0 nitrogen and oxygen atoms in total. The van der Waals surface area contributed by atoms with Gasteiger partial charge in [-0.05, 0) is 67.4 Å². The summed E-state index contributed by atoms with van der Waals surface area (Å²) in [6.45, 7) is 4.01. The molecule has 2 fully saturated rings. The van der Waals surface area contributed by atoms with Gasteiger partial charge in [-0.1, -0.05) is 57.6 Å². The quantitative estimate of drug-likeness (QED) is 0.565. The van der Waals surface area contributed by atoms with Crippen molar-refractivity contribution in [3.63, 3.8) is 0 Å². The van der Waals surface area contributed by atoms with E-state index in [1.807, 2.05) is 0 Å². The van der Waals surface area contributed by atoms with Crippen molar-refractivity contribution in [3.8, 4) is 0 Å². The molecule has 134 valence electrons. The zero-order valence-electron chi connectivity index (χ0n) is 15.3. The van der Waals surface area contributed by atoms with Crippen molar-refractivity contribution in [2.45, 2.75) is 78.1 Å². The molecule has 0 bridgehead atoms. The van der Waals surface area contributed by atoms with E-state index < -0.39 is 11.6 Å². The van der Waals surface area contributed by atoms with Crippen LogP contribution in [0.3, 0.4) is 0 Å². The number of hydrogen-bond donors (Lipinski definition) is 0. The summed E-state index contributed by atoms with van der Waals surface area (Å²) in [7, 11) is 0. The van der Waals surface area contributed by atoms with Crippen LogP contribution in [0.4, 0.5) is 8.78 Å². The molecule has 0 aromatic heterocycles. The molecular formula is C22H32F2. The molecule has 24 heavy (non-hydrogen) atoms. The maximum absolute atomic E-state index is 14.1. The van der Waals surface area contributed by atoms with Crippen molar-refractivity contribution >= 4 is 0 Å². The average Bonchev–Trinajstić information content (AvgIpc) is 2.59. The summed E-state index contributed by atoms with van der Waals surface area (Å²) in [5.74, 6) is 2.01. The van der Waals surface area contributed by atoms with E-state index in [1.165, 1.54) is 57.8 Å². The van der Waals surface area contributed by atoms with Crippen molar-refractivity contribution in [1.82, 2.24) is 0 Å². The minimum absolute atomic E-state index is 0.404. The fourth-order valence-corrected chi connectivity index (χ4v) is 4.86. The molecule has 2 heteroatoms. The fourth-order valence-electron chi connectivity index (χ4n) is 4.86. The Bertz CT molecular complexity index is 535. The summed E-state index contributed by atoms with van der Waals surface area (Å²) in [5, 5.41) is 0. The van der Waals surface area contributed by atoms with Gasteiger partial charge in [-0.15, -0.1) is 0 Å². The first-order chi connectivity index (χ1) is 11.5. The lowest BCUT2D eigenvalue weighted by Crippen LogP contribution is -2.21. The minimum Gasteiger partial charge on any atom is -0.203 e. The van der Waals surface area contributed by atoms with E-state index in [0.717, 1.165) is 17.8 Å². The predicted molar refractivity (Wildman–Crippen MR) is 96.0 cm³/mol. The third-order valence-electron chi connectivity index (χ3n) is 6.63. The maximum Gasteiger partial charge on any atom is 0.162 e. The fraction of sp³-hybridized carbons (Fsp3) is 0.727. The Balaban J connectivity index is 1.46. The Kier molecular flexibility index (Phi) is 5.94. The van der Waals surface area contributed by atoms with E-state index in [0.29, 0.717) is 23.5 Å². The summed E-state index contributed by atoms with van der Waals surface area (Å²) in [6.07, 6.45) is 12.7. The van der Waals surface area contributed by atoms with Crippen molar-refractivity contribution < 1.29 is 8.78 Å². The van der Waals surface area contributed by atoms with E-state index in [4.69, 9.17) is 0 Å². The van der Waals surface area contributed by atoms with Crippen LogP contribution in [0.2, 0.25) is 0 Å². The summed E-state index contributed by atoms with van der Waals surface area (Å²) in [4.78, 5) is 0. The van der Waals surface area contributed by atoms with Crippen LogP contribution < -0.4 is 0 Å². The zero-order chi connectivity index (χ0) is 17.1. The van der Waals surface area contributed by atoms with Gasteiger partial charge in [-0.3, -0.25) is 0 Å². The summed E-state index contributed by atoms with van der Waals surface area (Å²) >= 11 is 0. The molecule has 0 spiro atoms. The monoisotopic (exact) mass is 334 g/mol. The van der Waals surface area contributed by atoms with Crippen LogP contribution in [-0.4, -0.2) is 0 Å². The number of halogens is 2. The Morgan fingerprint density at radius 2 is 1.33 bits per heavy atom. The van der Waals surface area contributed by atoms with Gasteiger partial charge in [-0.2, -0.15) is 0 Å². The molecule has 1 aromatic rings. The molecule has 0 radical (unpaired) electrons. The van der Waals surface area contributed by atoms with Crippen molar-refractivity contribution in [2.24, 2.45) is 23.7 Å². The lowest BCUT2D eigenvalue weighted by Gasteiger charge is -2.33. The molecule has 0 amide bonds. The second kappa shape index (κ2) is 7.97. The smallest absolute Gasteiger partial charge is 0.162 e. The molecule has 0 unspecified atom stereocenters. The van der Waals surface area contributed by atoms with Crippen molar-refractivity contribution in [2.75, 3.05) is 0 Å². The van der Waals surface area contributed by atoms with Crippen LogP contribution in [0.1, 0.15) is 75.8 Å². The second-order valence-corrected chi connectivity index (χ2v) is 8.62. The Hall–Kier alpha value is -0.920. The van der Waals surface area contributed by atoms with Crippen LogP contribution >= 0.6 is 0 Å². The first kappa shape index (κ1) is 17.9. The molecule has 3 rings (SSSR count). The average molecular weight is 334 g/mol. The largest absolute Gasteiger partial charge is 0.203 e. The van der Waals surface area contributed by atoms with Crippen molar-refractivity contribution in [1.29, 1.82) is 0 Å². The number of benzene rings is 1. The van der Waals surface area contributed by atoms with Crippen molar-refractivity contribution in [3.05, 3.63) is 34.9 Å². The normalized spacial score (nSPS) is 31.2. The first-order valence-electron chi connectivity index (χ1n) is 9.96. The summed E-state index contributed by atoms with van der Waals surface area (Å²) < 4.78 is 27.8. The highest BCUT2D eigenvalue weighted by atomic mass is 19.2. The van der Waals surface area contributed by atoms with Gasteiger partial charge in [0, 0.05) is 0 Å². The number of rotatable bonds is 4. The Labute approximate surface area is 146 Å². The Morgan fingerprint density at radius 1 is 0.792 bits per heavy atom.